The van der Waals surface area contributed by atoms with Gasteiger partial charge in [0, 0.05) is 31.8 Å². The Morgan fingerprint density at radius 1 is 1.25 bits per heavy atom. The maximum Gasteiger partial charge on any atom is 0.307 e. The quantitative estimate of drug-likeness (QED) is 0.456. The van der Waals surface area contributed by atoms with Gasteiger partial charge in [-0.1, -0.05) is 50.1 Å². The van der Waals surface area contributed by atoms with Gasteiger partial charge in [-0.15, -0.1) is 0 Å². The fraction of sp³-hybridized carbons (Fsp3) is 0.680. The summed E-state index contributed by atoms with van der Waals surface area (Å²) in [5.41, 5.74) is 0.334. The molecule has 3 rings (SSSR count). The molecule has 0 spiro atoms. The van der Waals surface area contributed by atoms with E-state index < -0.39 is 5.60 Å². The summed E-state index contributed by atoms with van der Waals surface area (Å²) in [5.74, 6) is 2.31. The van der Waals surface area contributed by atoms with Crippen LogP contribution in [0.4, 0.5) is 5.82 Å². The molecule has 0 aromatic carbocycles. The van der Waals surface area contributed by atoms with Gasteiger partial charge in [0.2, 0.25) is 11.7 Å². The van der Waals surface area contributed by atoms with Crippen molar-refractivity contribution in [3.63, 3.8) is 0 Å². The molecule has 1 atom stereocenters. The van der Waals surface area contributed by atoms with E-state index in [1.165, 1.54) is 38.5 Å². The predicted octanol–water partition coefficient (Wildman–Crippen LogP) is 5.76. The molecule has 1 aliphatic rings. The van der Waals surface area contributed by atoms with Crippen LogP contribution in [0.15, 0.2) is 22.9 Å². The number of carbonyl (C=O) groups excluding carboxylic acids is 1. The van der Waals surface area contributed by atoms with Crippen molar-refractivity contribution in [1.29, 1.82) is 0 Å². The number of nitrogens with zero attached hydrogens (tertiary/aromatic N) is 4. The number of carbonyl (C=O) groups is 1. The summed E-state index contributed by atoms with van der Waals surface area (Å²) in [5, 5.41) is 4.20. The minimum Gasteiger partial charge on any atom is -0.460 e. The highest BCUT2D eigenvalue weighted by Gasteiger charge is 2.26. The Morgan fingerprint density at radius 2 is 2.00 bits per heavy atom. The third kappa shape index (κ3) is 7.31. The molecule has 0 saturated heterocycles. The van der Waals surface area contributed by atoms with E-state index in [0.29, 0.717) is 11.7 Å². The van der Waals surface area contributed by atoms with Crippen molar-refractivity contribution in [3.05, 3.63) is 24.2 Å². The van der Waals surface area contributed by atoms with Crippen LogP contribution in [0.25, 0.3) is 11.4 Å². The highest BCUT2D eigenvalue weighted by molar-refractivity contribution is 5.70. The number of pyridine rings is 1. The molecule has 176 valence electrons. The topological polar surface area (TPSA) is 81.4 Å². The van der Waals surface area contributed by atoms with Gasteiger partial charge in [0.15, 0.2) is 0 Å². The van der Waals surface area contributed by atoms with E-state index in [4.69, 9.17) is 9.26 Å². The van der Waals surface area contributed by atoms with Gasteiger partial charge in [0.25, 0.3) is 0 Å². The normalized spacial score (nSPS) is 16.0. The van der Waals surface area contributed by atoms with Crippen LogP contribution in [0, 0.1) is 5.92 Å². The molecule has 2 aromatic heterocycles. The highest BCUT2D eigenvalue weighted by atomic mass is 16.6. The van der Waals surface area contributed by atoms with Crippen molar-refractivity contribution in [3.8, 4) is 11.4 Å². The largest absolute Gasteiger partial charge is 0.460 e. The first-order valence-electron chi connectivity index (χ1n) is 11.9. The molecule has 0 radical (unpaired) electrons. The van der Waals surface area contributed by atoms with Crippen molar-refractivity contribution in [1.82, 2.24) is 15.1 Å². The van der Waals surface area contributed by atoms with Crippen LogP contribution in [0.1, 0.15) is 90.4 Å². The van der Waals surface area contributed by atoms with Crippen LogP contribution in [-0.2, 0) is 9.53 Å². The van der Waals surface area contributed by atoms with Crippen molar-refractivity contribution < 1.29 is 14.1 Å². The minimum absolute atomic E-state index is 0.134. The predicted molar refractivity (Wildman–Crippen MR) is 125 cm³/mol. The van der Waals surface area contributed by atoms with Crippen LogP contribution in [0.2, 0.25) is 0 Å². The Morgan fingerprint density at radius 3 is 2.69 bits per heavy atom. The van der Waals surface area contributed by atoms with Gasteiger partial charge < -0.3 is 14.2 Å². The zero-order valence-corrected chi connectivity index (χ0v) is 20.3. The lowest BCUT2D eigenvalue weighted by Crippen LogP contribution is -2.25. The Labute approximate surface area is 191 Å². The van der Waals surface area contributed by atoms with Crippen molar-refractivity contribution in [2.45, 2.75) is 90.1 Å². The van der Waals surface area contributed by atoms with Gasteiger partial charge in [0.05, 0.1) is 6.42 Å². The number of rotatable bonds is 9. The van der Waals surface area contributed by atoms with Crippen LogP contribution in [0.5, 0.6) is 0 Å². The monoisotopic (exact) mass is 442 g/mol. The molecule has 2 aromatic rings. The van der Waals surface area contributed by atoms with Gasteiger partial charge in [0.1, 0.15) is 11.4 Å². The van der Waals surface area contributed by atoms with E-state index in [-0.39, 0.29) is 18.3 Å². The Kier molecular flexibility index (Phi) is 8.26. The average molecular weight is 443 g/mol. The van der Waals surface area contributed by atoms with Crippen molar-refractivity contribution in [2.24, 2.45) is 5.92 Å². The zero-order valence-electron chi connectivity index (χ0n) is 20.3. The Bertz CT molecular complexity index is 866. The van der Waals surface area contributed by atoms with Gasteiger partial charge in [-0.2, -0.15) is 4.98 Å². The smallest absolute Gasteiger partial charge is 0.307 e. The third-order valence-electron chi connectivity index (χ3n) is 5.98. The second-order valence-corrected chi connectivity index (χ2v) is 10.2. The fourth-order valence-electron chi connectivity index (χ4n) is 4.35. The SMILES string of the molecule is CN(C)c1cc(-c2noc([C@H](CCCC3CCCCC3)CC(=O)OC(C)(C)C)n2)ccn1. The number of hydrogen-bond donors (Lipinski definition) is 0. The Balaban J connectivity index is 1.71. The molecule has 32 heavy (non-hydrogen) atoms. The van der Waals surface area contributed by atoms with E-state index in [9.17, 15) is 4.79 Å². The van der Waals surface area contributed by atoms with Crippen molar-refractivity contribution >= 4 is 11.8 Å². The molecule has 1 aliphatic carbocycles. The first kappa shape index (κ1) is 24.2. The summed E-state index contributed by atoms with van der Waals surface area (Å²) in [7, 11) is 3.88. The number of esters is 1. The van der Waals surface area contributed by atoms with Gasteiger partial charge >= 0.3 is 5.97 Å². The summed E-state index contributed by atoms with van der Waals surface area (Å²) < 4.78 is 11.2. The molecular weight excluding hydrogens is 404 g/mol. The van der Waals surface area contributed by atoms with E-state index in [2.05, 4.69) is 15.1 Å². The zero-order chi connectivity index (χ0) is 23.1. The lowest BCUT2D eigenvalue weighted by atomic mass is 9.84. The molecule has 1 fully saturated rings. The maximum atomic E-state index is 12.6. The average Bonchev–Trinajstić information content (AvgIpc) is 3.23. The lowest BCUT2D eigenvalue weighted by molar-refractivity contribution is -0.155. The van der Waals surface area contributed by atoms with Crippen LogP contribution in [-0.4, -0.2) is 40.8 Å². The molecule has 1 saturated carbocycles. The lowest BCUT2D eigenvalue weighted by Gasteiger charge is -2.23. The summed E-state index contributed by atoms with van der Waals surface area (Å²) in [6.07, 6.45) is 11.8. The standard InChI is InChI=1S/C25H38N4O3/c1-25(2,3)31-22(30)17-20(13-9-12-18-10-7-6-8-11-18)24-27-23(28-32-24)19-14-15-26-21(16-19)29(4)5/h14-16,18,20H,6-13,17H2,1-5H3/t20-/m1/s1. The highest BCUT2D eigenvalue weighted by Crippen LogP contribution is 2.32. The van der Waals surface area contributed by atoms with E-state index in [1.54, 1.807) is 6.20 Å². The molecule has 0 bridgehead atoms. The number of hydrogen-bond acceptors (Lipinski definition) is 7. The third-order valence-corrected chi connectivity index (χ3v) is 5.98. The number of aromatic nitrogens is 3. The van der Waals surface area contributed by atoms with E-state index in [0.717, 1.165) is 30.1 Å². The van der Waals surface area contributed by atoms with Gasteiger partial charge in [-0.05, 0) is 45.2 Å². The summed E-state index contributed by atoms with van der Waals surface area (Å²) in [4.78, 5) is 23.5. The number of ether oxygens (including phenoxy) is 1. The van der Waals surface area contributed by atoms with E-state index in [1.807, 2.05) is 51.9 Å². The van der Waals surface area contributed by atoms with Gasteiger partial charge in [-0.3, -0.25) is 4.79 Å². The minimum atomic E-state index is -0.511. The number of anilines is 1. The summed E-state index contributed by atoms with van der Waals surface area (Å²) in [6, 6.07) is 3.80. The molecule has 0 amide bonds. The van der Waals surface area contributed by atoms with E-state index >= 15 is 0 Å². The van der Waals surface area contributed by atoms with Gasteiger partial charge in [-0.25, -0.2) is 4.98 Å². The molecule has 0 N–H and O–H groups in total. The Hall–Kier alpha value is -2.44. The van der Waals surface area contributed by atoms with Crippen LogP contribution in [0.3, 0.4) is 0 Å². The molecule has 7 heteroatoms. The van der Waals surface area contributed by atoms with Crippen molar-refractivity contribution in [2.75, 3.05) is 19.0 Å². The summed E-state index contributed by atoms with van der Waals surface area (Å²) >= 11 is 0. The first-order valence-corrected chi connectivity index (χ1v) is 11.9. The molecule has 2 heterocycles. The first-order chi connectivity index (χ1) is 15.2. The fourth-order valence-corrected chi connectivity index (χ4v) is 4.35. The molecule has 0 aliphatic heterocycles. The molecule has 7 nitrogen and oxygen atoms in total. The van der Waals surface area contributed by atoms with Crippen LogP contribution < -0.4 is 4.90 Å². The molecule has 0 unspecified atom stereocenters. The molecular formula is C25H38N4O3. The second-order valence-electron chi connectivity index (χ2n) is 10.2. The maximum absolute atomic E-state index is 12.6. The summed E-state index contributed by atoms with van der Waals surface area (Å²) in [6.45, 7) is 5.67. The van der Waals surface area contributed by atoms with Crippen LogP contribution >= 0.6 is 0 Å². The second kappa shape index (κ2) is 10.9.